The first kappa shape index (κ1) is 23.8. The number of nitrogens with zero attached hydrogens (tertiary/aromatic N) is 1. The number of hydrogen-bond donors (Lipinski definition) is 1. The van der Waals surface area contributed by atoms with Crippen molar-refractivity contribution in [3.8, 4) is 16.9 Å². The normalized spacial score (nSPS) is 17.6. The van der Waals surface area contributed by atoms with Gasteiger partial charge < -0.3 is 15.0 Å². The summed E-state index contributed by atoms with van der Waals surface area (Å²) < 4.78 is 5.68. The average Bonchev–Trinajstić information content (AvgIpc) is 3.30. The highest BCUT2D eigenvalue weighted by atomic mass is 35.5. The summed E-state index contributed by atoms with van der Waals surface area (Å²) in [5.41, 5.74) is 3.74. The third kappa shape index (κ3) is 4.95. The molecule has 6 heteroatoms. The standard InChI is InChI=1S/C28H29ClN2O3/c1-18(2)34-25-14-13-22(17-24(25)29)28(33)31-16-15-23(26(31)27(32)30-3)21-11-9-20(10-12-21)19-7-5-4-6-8-19/h4-14,17-18,23,26H,15-16H2,1-3H3,(H,30,32). The van der Waals surface area contributed by atoms with Crippen molar-refractivity contribution < 1.29 is 14.3 Å². The van der Waals surface area contributed by atoms with Crippen LogP contribution in [0, 0.1) is 0 Å². The van der Waals surface area contributed by atoms with E-state index in [4.69, 9.17) is 16.3 Å². The predicted octanol–water partition coefficient (Wildman–Crippen LogP) is 5.54. The molecule has 0 aromatic heterocycles. The van der Waals surface area contributed by atoms with Crippen LogP contribution in [0.1, 0.15) is 42.1 Å². The molecule has 1 aliphatic heterocycles. The van der Waals surface area contributed by atoms with Gasteiger partial charge in [-0.15, -0.1) is 0 Å². The molecule has 2 unspecified atom stereocenters. The molecule has 1 heterocycles. The Morgan fingerprint density at radius 1 is 1.00 bits per heavy atom. The highest BCUT2D eigenvalue weighted by Crippen LogP contribution is 2.36. The van der Waals surface area contributed by atoms with Crippen LogP contribution in [0.3, 0.4) is 0 Å². The van der Waals surface area contributed by atoms with E-state index in [0.29, 0.717) is 29.3 Å². The molecule has 1 saturated heterocycles. The van der Waals surface area contributed by atoms with Crippen LogP contribution >= 0.6 is 11.6 Å². The van der Waals surface area contributed by atoms with Gasteiger partial charge >= 0.3 is 0 Å². The van der Waals surface area contributed by atoms with Crippen molar-refractivity contribution in [3.05, 3.63) is 88.9 Å². The number of nitrogens with one attached hydrogen (secondary N) is 1. The second-order valence-corrected chi connectivity index (χ2v) is 9.16. The SMILES string of the molecule is CNC(=O)C1C(c2ccc(-c3ccccc3)cc2)CCN1C(=O)c1ccc(OC(C)C)c(Cl)c1. The lowest BCUT2D eigenvalue weighted by Gasteiger charge is -2.27. The second kappa shape index (κ2) is 10.3. The van der Waals surface area contributed by atoms with Gasteiger partial charge in [0.2, 0.25) is 5.91 Å². The minimum atomic E-state index is -0.592. The summed E-state index contributed by atoms with van der Waals surface area (Å²) in [6.07, 6.45) is 0.681. The monoisotopic (exact) mass is 476 g/mol. The van der Waals surface area contributed by atoms with E-state index >= 15 is 0 Å². The number of ether oxygens (including phenoxy) is 1. The van der Waals surface area contributed by atoms with Gasteiger partial charge in [-0.3, -0.25) is 9.59 Å². The lowest BCUT2D eigenvalue weighted by Crippen LogP contribution is -2.47. The molecular weight excluding hydrogens is 448 g/mol. The summed E-state index contributed by atoms with van der Waals surface area (Å²) in [4.78, 5) is 28.0. The molecule has 1 aliphatic rings. The Bertz CT molecular complexity index is 1160. The Kier molecular flexibility index (Phi) is 7.23. The third-order valence-electron chi connectivity index (χ3n) is 6.16. The van der Waals surface area contributed by atoms with E-state index in [2.05, 4.69) is 41.7 Å². The number of likely N-dealkylation sites (N-methyl/N-ethyl adjacent to an activating group) is 1. The van der Waals surface area contributed by atoms with Crippen molar-refractivity contribution in [2.75, 3.05) is 13.6 Å². The van der Waals surface area contributed by atoms with Gasteiger partial charge in [0.05, 0.1) is 11.1 Å². The summed E-state index contributed by atoms with van der Waals surface area (Å²) in [5.74, 6) is 0.0606. The Balaban J connectivity index is 1.58. The first-order valence-electron chi connectivity index (χ1n) is 11.5. The van der Waals surface area contributed by atoms with Gasteiger partial charge in [-0.1, -0.05) is 66.2 Å². The molecule has 0 radical (unpaired) electrons. The van der Waals surface area contributed by atoms with E-state index in [0.717, 1.165) is 16.7 Å². The summed E-state index contributed by atoms with van der Waals surface area (Å²) in [5, 5.41) is 3.12. The predicted molar refractivity (Wildman–Crippen MR) is 135 cm³/mol. The van der Waals surface area contributed by atoms with Crippen molar-refractivity contribution >= 4 is 23.4 Å². The Morgan fingerprint density at radius 3 is 2.29 bits per heavy atom. The number of likely N-dealkylation sites (tertiary alicyclic amines) is 1. The molecular formula is C28H29ClN2O3. The third-order valence-corrected chi connectivity index (χ3v) is 6.46. The van der Waals surface area contributed by atoms with Crippen LogP contribution in [-0.4, -0.2) is 42.5 Å². The molecule has 1 fully saturated rings. The van der Waals surface area contributed by atoms with E-state index in [1.54, 1.807) is 30.1 Å². The molecule has 3 aromatic rings. The molecule has 2 amide bonds. The second-order valence-electron chi connectivity index (χ2n) is 8.75. The molecule has 4 rings (SSSR count). The number of rotatable bonds is 6. The van der Waals surface area contributed by atoms with E-state index in [1.807, 2.05) is 32.0 Å². The van der Waals surface area contributed by atoms with Crippen molar-refractivity contribution in [3.63, 3.8) is 0 Å². The van der Waals surface area contributed by atoms with Gasteiger partial charge in [0, 0.05) is 25.1 Å². The van der Waals surface area contributed by atoms with Gasteiger partial charge in [0.1, 0.15) is 11.8 Å². The smallest absolute Gasteiger partial charge is 0.254 e. The quantitative estimate of drug-likeness (QED) is 0.508. The number of amides is 2. The van der Waals surface area contributed by atoms with Gasteiger partial charge in [0.25, 0.3) is 5.91 Å². The summed E-state index contributed by atoms with van der Waals surface area (Å²) in [6, 6.07) is 22.9. The maximum Gasteiger partial charge on any atom is 0.254 e. The van der Waals surface area contributed by atoms with Crippen molar-refractivity contribution in [2.24, 2.45) is 0 Å². The summed E-state index contributed by atoms with van der Waals surface area (Å²) in [7, 11) is 1.60. The maximum absolute atomic E-state index is 13.4. The fraction of sp³-hybridized carbons (Fsp3) is 0.286. The molecule has 5 nitrogen and oxygen atoms in total. The minimum absolute atomic E-state index is 0.0238. The number of hydrogen-bond acceptors (Lipinski definition) is 3. The van der Waals surface area contributed by atoms with Crippen LogP contribution in [0.15, 0.2) is 72.8 Å². The van der Waals surface area contributed by atoms with E-state index in [9.17, 15) is 9.59 Å². The van der Waals surface area contributed by atoms with E-state index < -0.39 is 6.04 Å². The number of carbonyl (C=O) groups excluding carboxylic acids is 2. The highest BCUT2D eigenvalue weighted by molar-refractivity contribution is 6.32. The maximum atomic E-state index is 13.4. The molecule has 176 valence electrons. The van der Waals surface area contributed by atoms with Crippen molar-refractivity contribution in [2.45, 2.75) is 38.3 Å². The van der Waals surface area contributed by atoms with Crippen LogP contribution in [0.4, 0.5) is 0 Å². The fourth-order valence-corrected chi connectivity index (χ4v) is 4.77. The topological polar surface area (TPSA) is 58.6 Å². The molecule has 34 heavy (non-hydrogen) atoms. The Hall–Kier alpha value is -3.31. The zero-order valence-corrected chi connectivity index (χ0v) is 20.4. The number of carbonyl (C=O) groups is 2. The molecule has 1 N–H and O–H groups in total. The highest BCUT2D eigenvalue weighted by Gasteiger charge is 2.42. The Labute approximate surface area is 205 Å². The fourth-order valence-electron chi connectivity index (χ4n) is 4.54. The lowest BCUT2D eigenvalue weighted by molar-refractivity contribution is -0.124. The number of halogens is 1. The van der Waals surface area contributed by atoms with Crippen molar-refractivity contribution in [1.29, 1.82) is 0 Å². The minimum Gasteiger partial charge on any atom is -0.489 e. The van der Waals surface area contributed by atoms with E-state index in [-0.39, 0.29) is 23.8 Å². The molecule has 3 aromatic carbocycles. The largest absolute Gasteiger partial charge is 0.489 e. The number of benzene rings is 3. The van der Waals surface area contributed by atoms with Crippen LogP contribution in [0.25, 0.3) is 11.1 Å². The zero-order chi connectivity index (χ0) is 24.2. The molecule has 0 bridgehead atoms. The lowest BCUT2D eigenvalue weighted by atomic mass is 9.89. The summed E-state index contributed by atoms with van der Waals surface area (Å²) in [6.45, 7) is 4.32. The van der Waals surface area contributed by atoms with Crippen LogP contribution in [0.2, 0.25) is 5.02 Å². The Morgan fingerprint density at radius 2 is 1.68 bits per heavy atom. The first-order chi connectivity index (χ1) is 16.4. The summed E-state index contributed by atoms with van der Waals surface area (Å²) >= 11 is 6.37. The first-order valence-corrected chi connectivity index (χ1v) is 11.9. The van der Waals surface area contributed by atoms with E-state index in [1.165, 1.54) is 0 Å². The van der Waals surface area contributed by atoms with Crippen LogP contribution < -0.4 is 10.1 Å². The van der Waals surface area contributed by atoms with Crippen molar-refractivity contribution in [1.82, 2.24) is 10.2 Å². The zero-order valence-electron chi connectivity index (χ0n) is 19.6. The van der Waals surface area contributed by atoms with Gasteiger partial charge in [0.15, 0.2) is 0 Å². The van der Waals surface area contributed by atoms with Gasteiger partial charge in [-0.05, 0) is 55.2 Å². The molecule has 0 aliphatic carbocycles. The van der Waals surface area contributed by atoms with Crippen LogP contribution in [0.5, 0.6) is 5.75 Å². The molecule has 0 saturated carbocycles. The van der Waals surface area contributed by atoms with Gasteiger partial charge in [-0.25, -0.2) is 0 Å². The molecule has 0 spiro atoms. The average molecular weight is 477 g/mol. The van der Waals surface area contributed by atoms with Crippen LogP contribution in [-0.2, 0) is 4.79 Å². The molecule has 2 atom stereocenters. The van der Waals surface area contributed by atoms with Gasteiger partial charge in [-0.2, -0.15) is 0 Å².